The molecule has 3 N–H and O–H groups in total. The van der Waals surface area contributed by atoms with Gasteiger partial charge in [-0.15, -0.1) is 0 Å². The van der Waals surface area contributed by atoms with Crippen molar-refractivity contribution in [1.82, 2.24) is 15.3 Å². The molecule has 1 unspecified atom stereocenters. The molecule has 4 saturated carbocycles. The number of hydrogen-bond acceptors (Lipinski definition) is 5. The predicted octanol–water partition coefficient (Wildman–Crippen LogP) is 2.22. The fraction of sp³-hybridized carbons (Fsp3) is 0.737. The second kappa shape index (κ2) is 6.56. The summed E-state index contributed by atoms with van der Waals surface area (Å²) in [5.41, 5.74) is 0.417. The van der Waals surface area contributed by atoms with Gasteiger partial charge in [-0.25, -0.2) is 9.97 Å². The lowest BCUT2D eigenvalue weighted by molar-refractivity contribution is -0.0306. The first-order valence-electron chi connectivity index (χ1n) is 9.57. The Balaban J connectivity index is 1.46. The molecule has 2 bridgehead atoms. The summed E-state index contributed by atoms with van der Waals surface area (Å²) in [5.74, 6) is 2.33. The van der Waals surface area contributed by atoms with Gasteiger partial charge >= 0.3 is 0 Å². The number of aliphatic hydroxyl groups is 1. The maximum atomic E-state index is 12.5. The van der Waals surface area contributed by atoms with Gasteiger partial charge in [0.2, 0.25) is 0 Å². The number of nitrogens with one attached hydrogen (secondary N) is 2. The Morgan fingerprint density at radius 3 is 2.72 bits per heavy atom. The molecule has 4 fully saturated rings. The topological polar surface area (TPSA) is 87.1 Å². The van der Waals surface area contributed by atoms with Crippen molar-refractivity contribution in [3.05, 3.63) is 18.1 Å². The van der Waals surface area contributed by atoms with E-state index in [1.165, 1.54) is 32.0 Å². The van der Waals surface area contributed by atoms with Crippen molar-refractivity contribution in [2.45, 2.75) is 51.5 Å². The molecule has 1 aromatic rings. The quantitative estimate of drug-likeness (QED) is 0.736. The lowest BCUT2D eigenvalue weighted by Crippen LogP contribution is -2.48. The van der Waals surface area contributed by atoms with Crippen LogP contribution in [0.25, 0.3) is 0 Å². The third-order valence-corrected chi connectivity index (χ3v) is 6.71. The van der Waals surface area contributed by atoms with Crippen LogP contribution in [0.15, 0.2) is 12.5 Å². The van der Waals surface area contributed by atoms with Crippen LogP contribution in [0.4, 0.5) is 5.82 Å². The Morgan fingerprint density at radius 2 is 2.12 bits per heavy atom. The average molecular weight is 344 g/mol. The van der Waals surface area contributed by atoms with Crippen LogP contribution in [-0.4, -0.2) is 40.2 Å². The van der Waals surface area contributed by atoms with Crippen molar-refractivity contribution in [3.8, 4) is 0 Å². The van der Waals surface area contributed by atoms with Gasteiger partial charge in [0.1, 0.15) is 12.1 Å². The van der Waals surface area contributed by atoms with E-state index in [2.05, 4.69) is 27.5 Å². The second-order valence-electron chi connectivity index (χ2n) is 8.37. The number of hydrogen-bond donors (Lipinski definition) is 3. The van der Waals surface area contributed by atoms with E-state index in [4.69, 9.17) is 0 Å². The molecule has 5 rings (SSSR count). The van der Waals surface area contributed by atoms with Gasteiger partial charge in [-0.05, 0) is 43.4 Å². The third kappa shape index (κ3) is 3.24. The number of carbonyl (C=O) groups excluding carboxylic acids is 1. The monoisotopic (exact) mass is 344 g/mol. The third-order valence-electron chi connectivity index (χ3n) is 6.71. The smallest absolute Gasteiger partial charge is 0.256 e. The van der Waals surface area contributed by atoms with Crippen LogP contribution in [0, 0.1) is 23.2 Å². The first-order chi connectivity index (χ1) is 12.1. The average Bonchev–Trinajstić information content (AvgIpc) is 3.35. The molecule has 3 atom stereocenters. The molecule has 4 aliphatic rings. The summed E-state index contributed by atoms with van der Waals surface area (Å²) in [7, 11) is 0. The SMILES string of the molecule is C[C@@H]1C[C@H]1NC(=O)c1cncnc1NCC1(CO)CC2CCC1CC2. The number of carbonyl (C=O) groups is 1. The Bertz CT molecular complexity index is 644. The summed E-state index contributed by atoms with van der Waals surface area (Å²) < 4.78 is 0. The van der Waals surface area contributed by atoms with E-state index in [0.717, 1.165) is 18.8 Å². The van der Waals surface area contributed by atoms with Crippen molar-refractivity contribution in [1.29, 1.82) is 0 Å². The maximum absolute atomic E-state index is 12.5. The van der Waals surface area contributed by atoms with Gasteiger partial charge in [0.05, 0.1) is 12.2 Å². The van der Waals surface area contributed by atoms with E-state index in [0.29, 0.717) is 29.8 Å². The zero-order valence-electron chi connectivity index (χ0n) is 14.9. The minimum absolute atomic E-state index is 0.0785. The zero-order chi connectivity index (χ0) is 17.4. The van der Waals surface area contributed by atoms with Crippen LogP contribution in [0.2, 0.25) is 0 Å². The van der Waals surface area contributed by atoms with Gasteiger partial charge in [0, 0.05) is 24.2 Å². The van der Waals surface area contributed by atoms with Crippen molar-refractivity contribution >= 4 is 11.7 Å². The van der Waals surface area contributed by atoms with Crippen molar-refractivity contribution in [2.75, 3.05) is 18.5 Å². The Kier molecular flexibility index (Phi) is 4.40. The molecule has 1 heterocycles. The number of nitrogens with zero attached hydrogens (tertiary/aromatic N) is 2. The Hall–Kier alpha value is -1.69. The van der Waals surface area contributed by atoms with Crippen LogP contribution in [0.5, 0.6) is 0 Å². The van der Waals surface area contributed by atoms with Gasteiger partial charge in [-0.1, -0.05) is 19.8 Å². The number of amides is 1. The lowest BCUT2D eigenvalue weighted by atomic mass is 9.56. The molecule has 1 amide bonds. The molecule has 25 heavy (non-hydrogen) atoms. The summed E-state index contributed by atoms with van der Waals surface area (Å²) in [6.07, 6.45) is 10.2. The molecule has 6 heteroatoms. The van der Waals surface area contributed by atoms with Crippen LogP contribution in [-0.2, 0) is 0 Å². The molecular formula is C19H28N4O2. The van der Waals surface area contributed by atoms with E-state index < -0.39 is 0 Å². The van der Waals surface area contributed by atoms with Gasteiger partial charge < -0.3 is 15.7 Å². The van der Waals surface area contributed by atoms with E-state index >= 15 is 0 Å². The molecule has 0 spiro atoms. The first-order valence-corrected chi connectivity index (χ1v) is 9.57. The second-order valence-corrected chi connectivity index (χ2v) is 8.37. The van der Waals surface area contributed by atoms with E-state index in [9.17, 15) is 9.90 Å². The molecule has 4 aliphatic carbocycles. The van der Waals surface area contributed by atoms with Gasteiger partial charge in [0.15, 0.2) is 0 Å². The van der Waals surface area contributed by atoms with Crippen LogP contribution in [0.3, 0.4) is 0 Å². The minimum Gasteiger partial charge on any atom is -0.396 e. The molecule has 0 aromatic carbocycles. The summed E-state index contributed by atoms with van der Waals surface area (Å²) in [6.45, 7) is 3.00. The molecular weight excluding hydrogens is 316 g/mol. The number of aromatic nitrogens is 2. The predicted molar refractivity (Wildman–Crippen MR) is 95.1 cm³/mol. The number of rotatable bonds is 6. The standard InChI is InChI=1S/C19H28N4O2/c1-12-6-16(12)23-18(25)15-8-20-11-22-17(15)21-9-19(10-24)7-13-2-4-14(19)5-3-13/h8,11-14,16,24H,2-7,9-10H2,1H3,(H,23,25)(H,20,21,22)/t12-,13?,14?,16-,19?/m1/s1. The zero-order valence-corrected chi connectivity index (χ0v) is 14.9. The van der Waals surface area contributed by atoms with E-state index in [-0.39, 0.29) is 24.0 Å². The normalized spacial score (nSPS) is 36.1. The van der Waals surface area contributed by atoms with Crippen LogP contribution < -0.4 is 10.6 Å². The highest BCUT2D eigenvalue weighted by Crippen LogP contribution is 2.52. The Labute approximate surface area is 148 Å². The molecule has 6 nitrogen and oxygen atoms in total. The highest BCUT2D eigenvalue weighted by Gasteiger charge is 2.47. The lowest BCUT2D eigenvalue weighted by Gasteiger charge is -2.51. The first kappa shape index (κ1) is 16.8. The molecule has 136 valence electrons. The van der Waals surface area contributed by atoms with Crippen LogP contribution in [0.1, 0.15) is 55.8 Å². The van der Waals surface area contributed by atoms with E-state index in [1.54, 1.807) is 6.20 Å². The maximum Gasteiger partial charge on any atom is 0.256 e. The summed E-state index contributed by atoms with van der Waals surface area (Å²) in [4.78, 5) is 20.8. The molecule has 1 aromatic heterocycles. The van der Waals surface area contributed by atoms with Crippen LogP contribution >= 0.6 is 0 Å². The fourth-order valence-electron chi connectivity index (χ4n) is 4.85. The highest BCUT2D eigenvalue weighted by molar-refractivity contribution is 5.98. The largest absolute Gasteiger partial charge is 0.396 e. The minimum atomic E-state index is -0.110. The number of fused-ring (bicyclic) bond motifs is 3. The molecule has 0 saturated heterocycles. The van der Waals surface area contributed by atoms with Crippen molar-refractivity contribution in [2.24, 2.45) is 23.2 Å². The summed E-state index contributed by atoms with van der Waals surface area (Å²) in [5, 5.41) is 16.5. The van der Waals surface area contributed by atoms with Gasteiger partial charge in [0.25, 0.3) is 5.91 Å². The highest BCUT2D eigenvalue weighted by atomic mass is 16.3. The summed E-state index contributed by atoms with van der Waals surface area (Å²) in [6, 6.07) is 0.276. The van der Waals surface area contributed by atoms with Gasteiger partial charge in [-0.3, -0.25) is 4.79 Å². The number of aliphatic hydroxyl groups excluding tert-OH is 1. The summed E-state index contributed by atoms with van der Waals surface area (Å²) >= 11 is 0. The fourth-order valence-corrected chi connectivity index (χ4v) is 4.85. The Morgan fingerprint density at radius 1 is 1.36 bits per heavy atom. The molecule has 0 radical (unpaired) electrons. The molecule has 0 aliphatic heterocycles. The van der Waals surface area contributed by atoms with Gasteiger partial charge in [-0.2, -0.15) is 0 Å². The van der Waals surface area contributed by atoms with Crippen molar-refractivity contribution in [3.63, 3.8) is 0 Å². The number of anilines is 1. The van der Waals surface area contributed by atoms with Crippen molar-refractivity contribution < 1.29 is 9.90 Å². The van der Waals surface area contributed by atoms with E-state index in [1.807, 2.05) is 0 Å².